The first-order valence-electron chi connectivity index (χ1n) is 8.71. The number of likely N-dealkylation sites (tertiary alicyclic amines) is 1. The Labute approximate surface area is 143 Å². The Bertz CT molecular complexity index is 689. The Kier molecular flexibility index (Phi) is 5.30. The van der Waals surface area contributed by atoms with Crippen LogP contribution in [0, 0.1) is 6.92 Å². The molecular weight excluding hydrogens is 302 g/mol. The van der Waals surface area contributed by atoms with Crippen molar-refractivity contribution in [2.75, 3.05) is 13.1 Å². The minimum absolute atomic E-state index is 0.107. The molecule has 5 heteroatoms. The average molecular weight is 327 g/mol. The number of furan rings is 1. The van der Waals surface area contributed by atoms with Gasteiger partial charge in [-0.3, -0.25) is 14.7 Å². The largest absolute Gasteiger partial charge is 0.455 e. The first-order valence-corrected chi connectivity index (χ1v) is 8.71. The highest BCUT2D eigenvalue weighted by Crippen LogP contribution is 2.18. The van der Waals surface area contributed by atoms with Crippen molar-refractivity contribution in [2.45, 2.75) is 45.7 Å². The molecule has 0 spiro atoms. The van der Waals surface area contributed by atoms with Crippen LogP contribution in [0.15, 0.2) is 34.7 Å². The second kappa shape index (κ2) is 7.62. The second-order valence-corrected chi connectivity index (χ2v) is 6.39. The maximum atomic E-state index is 12.5. The van der Waals surface area contributed by atoms with Crippen molar-refractivity contribution in [1.29, 1.82) is 0 Å². The van der Waals surface area contributed by atoms with Gasteiger partial charge in [0.25, 0.3) is 5.91 Å². The van der Waals surface area contributed by atoms with Crippen LogP contribution in [-0.2, 0) is 6.54 Å². The summed E-state index contributed by atoms with van der Waals surface area (Å²) in [5.41, 5.74) is 1.83. The van der Waals surface area contributed by atoms with E-state index in [0.29, 0.717) is 5.76 Å². The van der Waals surface area contributed by atoms with Gasteiger partial charge in [-0.15, -0.1) is 0 Å². The average Bonchev–Trinajstić information content (AvgIpc) is 3.25. The number of rotatable bonds is 6. The van der Waals surface area contributed by atoms with E-state index in [1.54, 1.807) is 6.07 Å². The number of hydrogen-bond donors (Lipinski definition) is 1. The van der Waals surface area contributed by atoms with Gasteiger partial charge < -0.3 is 9.73 Å². The molecule has 0 radical (unpaired) electrons. The van der Waals surface area contributed by atoms with Crippen LogP contribution in [0.2, 0.25) is 0 Å². The van der Waals surface area contributed by atoms with E-state index in [1.807, 2.05) is 38.1 Å². The summed E-state index contributed by atoms with van der Waals surface area (Å²) in [6, 6.07) is 9.42. The topological polar surface area (TPSA) is 58.4 Å². The van der Waals surface area contributed by atoms with Crippen LogP contribution in [0.25, 0.3) is 0 Å². The van der Waals surface area contributed by atoms with Crippen LogP contribution in [0.4, 0.5) is 0 Å². The summed E-state index contributed by atoms with van der Waals surface area (Å²) in [7, 11) is 0. The van der Waals surface area contributed by atoms with Gasteiger partial charge in [-0.25, -0.2) is 0 Å². The van der Waals surface area contributed by atoms with Gasteiger partial charge in [0.2, 0.25) is 0 Å². The molecule has 0 aromatic carbocycles. The van der Waals surface area contributed by atoms with Crippen LogP contribution < -0.4 is 5.32 Å². The highest BCUT2D eigenvalue weighted by Gasteiger charge is 2.19. The van der Waals surface area contributed by atoms with Crippen LogP contribution >= 0.6 is 0 Å². The molecule has 0 unspecified atom stereocenters. The SMILES string of the molecule is CC[C@H](NC(=O)c1ccc(CN2CCCC2)o1)c1cccc(C)n1. The fourth-order valence-corrected chi connectivity index (χ4v) is 3.12. The van der Waals surface area contributed by atoms with E-state index < -0.39 is 0 Å². The van der Waals surface area contributed by atoms with Crippen molar-refractivity contribution in [1.82, 2.24) is 15.2 Å². The van der Waals surface area contributed by atoms with Crippen LogP contribution in [0.3, 0.4) is 0 Å². The van der Waals surface area contributed by atoms with Crippen LogP contribution in [0.5, 0.6) is 0 Å². The Morgan fingerprint density at radius 2 is 2.08 bits per heavy atom. The van der Waals surface area contributed by atoms with Crippen molar-refractivity contribution in [3.05, 3.63) is 53.2 Å². The molecule has 1 aliphatic heterocycles. The summed E-state index contributed by atoms with van der Waals surface area (Å²) in [5.74, 6) is 1.04. The molecule has 1 amide bonds. The summed E-state index contributed by atoms with van der Waals surface area (Å²) in [6.45, 7) is 6.99. The quantitative estimate of drug-likeness (QED) is 0.883. The third kappa shape index (κ3) is 4.03. The molecule has 1 N–H and O–H groups in total. The van der Waals surface area contributed by atoms with E-state index in [0.717, 1.165) is 43.2 Å². The number of nitrogens with one attached hydrogen (secondary N) is 1. The number of aromatic nitrogens is 1. The molecule has 5 nitrogen and oxygen atoms in total. The highest BCUT2D eigenvalue weighted by molar-refractivity contribution is 5.91. The maximum absolute atomic E-state index is 12.5. The summed E-state index contributed by atoms with van der Waals surface area (Å²) < 4.78 is 5.74. The van der Waals surface area contributed by atoms with Gasteiger partial charge in [-0.05, 0) is 63.5 Å². The van der Waals surface area contributed by atoms with Crippen molar-refractivity contribution in [3.8, 4) is 0 Å². The molecule has 3 rings (SSSR count). The molecular formula is C19H25N3O2. The van der Waals surface area contributed by atoms with Gasteiger partial charge in [-0.2, -0.15) is 0 Å². The molecule has 0 bridgehead atoms. The highest BCUT2D eigenvalue weighted by atomic mass is 16.4. The van der Waals surface area contributed by atoms with Gasteiger partial charge >= 0.3 is 0 Å². The number of nitrogens with zero attached hydrogens (tertiary/aromatic N) is 2. The molecule has 3 heterocycles. The first-order chi connectivity index (χ1) is 11.7. The zero-order valence-corrected chi connectivity index (χ0v) is 14.4. The lowest BCUT2D eigenvalue weighted by molar-refractivity contribution is 0.0903. The molecule has 128 valence electrons. The van der Waals surface area contributed by atoms with Crippen molar-refractivity contribution in [3.63, 3.8) is 0 Å². The molecule has 0 saturated carbocycles. The monoisotopic (exact) mass is 327 g/mol. The Morgan fingerprint density at radius 1 is 1.29 bits per heavy atom. The lowest BCUT2D eigenvalue weighted by Crippen LogP contribution is -2.28. The number of hydrogen-bond acceptors (Lipinski definition) is 4. The maximum Gasteiger partial charge on any atom is 0.287 e. The Morgan fingerprint density at radius 3 is 2.79 bits per heavy atom. The fraction of sp³-hybridized carbons (Fsp3) is 0.474. The number of aryl methyl sites for hydroxylation is 1. The standard InChI is InChI=1S/C19H25N3O2/c1-3-16(17-8-6-7-14(2)20-17)21-19(23)18-10-9-15(24-18)13-22-11-4-5-12-22/h6-10,16H,3-5,11-13H2,1-2H3,(H,21,23)/t16-/m0/s1. The third-order valence-electron chi connectivity index (χ3n) is 4.44. The zero-order valence-electron chi connectivity index (χ0n) is 14.4. The fourth-order valence-electron chi connectivity index (χ4n) is 3.12. The number of carbonyl (C=O) groups is 1. The van der Waals surface area contributed by atoms with Gasteiger partial charge in [0.05, 0.1) is 18.3 Å². The van der Waals surface area contributed by atoms with E-state index in [2.05, 4.69) is 15.2 Å². The van der Waals surface area contributed by atoms with Gasteiger partial charge in [-0.1, -0.05) is 13.0 Å². The Balaban J connectivity index is 1.64. The van der Waals surface area contributed by atoms with E-state index >= 15 is 0 Å². The van der Waals surface area contributed by atoms with Crippen LogP contribution in [-0.4, -0.2) is 28.9 Å². The van der Waals surface area contributed by atoms with Crippen molar-refractivity contribution < 1.29 is 9.21 Å². The third-order valence-corrected chi connectivity index (χ3v) is 4.44. The molecule has 2 aromatic rings. The van der Waals surface area contributed by atoms with Gasteiger partial charge in [0.15, 0.2) is 5.76 Å². The molecule has 1 atom stereocenters. The van der Waals surface area contributed by atoms with Crippen LogP contribution in [0.1, 0.15) is 59.9 Å². The minimum Gasteiger partial charge on any atom is -0.455 e. The molecule has 1 fully saturated rings. The van der Waals surface area contributed by atoms with Crippen molar-refractivity contribution in [2.24, 2.45) is 0 Å². The summed E-state index contributed by atoms with van der Waals surface area (Å²) >= 11 is 0. The number of amides is 1. The van der Waals surface area contributed by atoms with E-state index in [-0.39, 0.29) is 11.9 Å². The predicted octanol–water partition coefficient (Wildman–Crippen LogP) is 3.46. The molecule has 2 aromatic heterocycles. The molecule has 0 aliphatic carbocycles. The normalized spacial score (nSPS) is 16.2. The van der Waals surface area contributed by atoms with E-state index in [4.69, 9.17) is 4.42 Å². The lowest BCUT2D eigenvalue weighted by atomic mass is 10.1. The smallest absolute Gasteiger partial charge is 0.287 e. The zero-order chi connectivity index (χ0) is 16.9. The number of pyridine rings is 1. The lowest BCUT2D eigenvalue weighted by Gasteiger charge is -2.16. The molecule has 24 heavy (non-hydrogen) atoms. The van der Waals surface area contributed by atoms with Gasteiger partial charge in [0.1, 0.15) is 5.76 Å². The molecule has 1 aliphatic rings. The van der Waals surface area contributed by atoms with Crippen molar-refractivity contribution >= 4 is 5.91 Å². The van der Waals surface area contributed by atoms with E-state index in [1.165, 1.54) is 12.8 Å². The molecule has 1 saturated heterocycles. The predicted molar refractivity (Wildman–Crippen MR) is 92.7 cm³/mol. The number of carbonyl (C=O) groups excluding carboxylic acids is 1. The summed E-state index contributed by atoms with van der Waals surface area (Å²) in [5, 5.41) is 3.02. The summed E-state index contributed by atoms with van der Waals surface area (Å²) in [4.78, 5) is 19.3. The second-order valence-electron chi connectivity index (χ2n) is 6.39. The van der Waals surface area contributed by atoms with Gasteiger partial charge in [0, 0.05) is 5.69 Å². The Hall–Kier alpha value is -2.14. The van der Waals surface area contributed by atoms with E-state index in [9.17, 15) is 4.79 Å². The summed E-state index contributed by atoms with van der Waals surface area (Å²) in [6.07, 6.45) is 3.27. The first kappa shape index (κ1) is 16.7. The minimum atomic E-state index is -0.183.